The van der Waals surface area contributed by atoms with Gasteiger partial charge in [-0.3, -0.25) is 0 Å². The fourth-order valence-electron chi connectivity index (χ4n) is 3.07. The van der Waals surface area contributed by atoms with E-state index in [0.29, 0.717) is 5.92 Å². The summed E-state index contributed by atoms with van der Waals surface area (Å²) in [6.45, 7) is 9.66. The zero-order valence-corrected chi connectivity index (χ0v) is 15.0. The van der Waals surface area contributed by atoms with Crippen LogP contribution in [0.1, 0.15) is 44.7 Å². The van der Waals surface area contributed by atoms with Gasteiger partial charge in [-0.15, -0.1) is 0 Å². The van der Waals surface area contributed by atoms with E-state index in [4.69, 9.17) is 9.72 Å². The molecule has 0 fully saturated rings. The Balaban J connectivity index is 2.01. The van der Waals surface area contributed by atoms with Crippen LogP contribution in [0, 0.1) is 12.8 Å². The lowest BCUT2D eigenvalue weighted by molar-refractivity contribution is 0.185. The van der Waals surface area contributed by atoms with Gasteiger partial charge in [-0.05, 0) is 49.1 Å². The highest BCUT2D eigenvalue weighted by atomic mass is 16.5. The highest BCUT2D eigenvalue weighted by Gasteiger charge is 2.21. The van der Waals surface area contributed by atoms with E-state index in [2.05, 4.69) is 62.6 Å². The highest BCUT2D eigenvalue weighted by molar-refractivity contribution is 5.76. The number of hydrogen-bond acceptors (Lipinski definition) is 2. The number of ether oxygens (including phenoxy) is 1. The molecule has 1 aromatic heterocycles. The summed E-state index contributed by atoms with van der Waals surface area (Å²) in [4.78, 5) is 4.89. The molecule has 3 nitrogen and oxygen atoms in total. The maximum Gasteiger partial charge on any atom is 0.156 e. The number of fused-ring (bicyclic) bond motifs is 1. The standard InChI is InChI=1S/C21H26N2O/c1-5-20(24-17-10-8-9-16(4)13-17)21-22-18-11-6-7-12-19(18)23(21)14-15(2)3/h6-13,15,20H,5,14H2,1-4H3. The van der Waals surface area contributed by atoms with Crippen molar-refractivity contribution in [3.63, 3.8) is 0 Å². The normalized spacial score (nSPS) is 12.7. The van der Waals surface area contributed by atoms with Gasteiger partial charge < -0.3 is 9.30 Å². The van der Waals surface area contributed by atoms with Crippen LogP contribution in [0.3, 0.4) is 0 Å². The van der Waals surface area contributed by atoms with E-state index in [1.807, 2.05) is 18.2 Å². The monoisotopic (exact) mass is 322 g/mol. The van der Waals surface area contributed by atoms with Crippen molar-refractivity contribution in [2.75, 3.05) is 0 Å². The van der Waals surface area contributed by atoms with Crippen molar-refractivity contribution in [2.45, 2.75) is 46.8 Å². The first kappa shape index (κ1) is 16.6. The van der Waals surface area contributed by atoms with Crippen LogP contribution in [-0.4, -0.2) is 9.55 Å². The van der Waals surface area contributed by atoms with E-state index >= 15 is 0 Å². The molecule has 3 rings (SSSR count). The van der Waals surface area contributed by atoms with Gasteiger partial charge in [-0.25, -0.2) is 4.98 Å². The molecule has 0 N–H and O–H groups in total. The summed E-state index contributed by atoms with van der Waals surface area (Å²) < 4.78 is 8.62. The highest BCUT2D eigenvalue weighted by Crippen LogP contribution is 2.28. The zero-order valence-electron chi connectivity index (χ0n) is 15.0. The van der Waals surface area contributed by atoms with Gasteiger partial charge in [0.05, 0.1) is 11.0 Å². The fraction of sp³-hybridized carbons (Fsp3) is 0.381. The number of nitrogens with zero attached hydrogens (tertiary/aromatic N) is 2. The molecule has 0 aliphatic rings. The molecular weight excluding hydrogens is 296 g/mol. The van der Waals surface area contributed by atoms with Crippen molar-refractivity contribution in [2.24, 2.45) is 5.92 Å². The molecule has 2 aromatic carbocycles. The van der Waals surface area contributed by atoms with Crippen molar-refractivity contribution in [3.05, 3.63) is 59.9 Å². The predicted octanol–water partition coefficient (Wildman–Crippen LogP) is 5.53. The third-order valence-corrected chi connectivity index (χ3v) is 4.16. The maximum atomic E-state index is 6.30. The molecule has 3 heteroatoms. The van der Waals surface area contributed by atoms with E-state index in [9.17, 15) is 0 Å². The maximum absolute atomic E-state index is 6.30. The molecule has 24 heavy (non-hydrogen) atoms. The lowest BCUT2D eigenvalue weighted by Gasteiger charge is -2.20. The topological polar surface area (TPSA) is 27.1 Å². The number of para-hydroxylation sites is 2. The fourth-order valence-corrected chi connectivity index (χ4v) is 3.07. The molecule has 3 aromatic rings. The SMILES string of the molecule is CCC(Oc1cccc(C)c1)c1nc2ccccc2n1CC(C)C. The molecule has 0 saturated carbocycles. The summed E-state index contributed by atoms with van der Waals surface area (Å²) in [6.07, 6.45) is 0.841. The average molecular weight is 322 g/mol. The van der Waals surface area contributed by atoms with Crippen LogP contribution >= 0.6 is 0 Å². The van der Waals surface area contributed by atoms with Gasteiger partial charge in [0.15, 0.2) is 11.9 Å². The Morgan fingerprint density at radius 2 is 1.88 bits per heavy atom. The van der Waals surface area contributed by atoms with Gasteiger partial charge in [0.1, 0.15) is 5.75 Å². The molecule has 1 heterocycles. The lowest BCUT2D eigenvalue weighted by Crippen LogP contribution is -2.16. The van der Waals surface area contributed by atoms with Gasteiger partial charge in [0.2, 0.25) is 0 Å². The van der Waals surface area contributed by atoms with Gasteiger partial charge in [-0.1, -0.05) is 45.0 Å². The van der Waals surface area contributed by atoms with Crippen molar-refractivity contribution >= 4 is 11.0 Å². The summed E-state index contributed by atoms with van der Waals surface area (Å²) in [6, 6.07) is 16.6. The first-order chi connectivity index (χ1) is 11.6. The number of imidazole rings is 1. The first-order valence-corrected chi connectivity index (χ1v) is 8.77. The van der Waals surface area contributed by atoms with Gasteiger partial charge in [0.25, 0.3) is 0 Å². The quantitative estimate of drug-likeness (QED) is 0.596. The number of aryl methyl sites for hydroxylation is 1. The van der Waals surface area contributed by atoms with Crippen LogP contribution < -0.4 is 4.74 Å². The Labute approximate surface area is 144 Å². The second-order valence-electron chi connectivity index (χ2n) is 6.79. The Morgan fingerprint density at radius 1 is 1.08 bits per heavy atom. The molecule has 0 aliphatic carbocycles. The molecule has 126 valence electrons. The second-order valence-corrected chi connectivity index (χ2v) is 6.79. The second kappa shape index (κ2) is 7.08. The zero-order chi connectivity index (χ0) is 17.1. The number of rotatable bonds is 6. The van der Waals surface area contributed by atoms with Crippen molar-refractivity contribution < 1.29 is 4.74 Å². The minimum absolute atomic E-state index is 0.0436. The van der Waals surface area contributed by atoms with Crippen LogP contribution in [0.2, 0.25) is 0 Å². The summed E-state index contributed by atoms with van der Waals surface area (Å²) >= 11 is 0. The summed E-state index contributed by atoms with van der Waals surface area (Å²) in [5, 5.41) is 0. The molecular formula is C21H26N2O. The minimum Gasteiger partial charge on any atom is -0.483 e. The number of hydrogen-bond donors (Lipinski definition) is 0. The van der Waals surface area contributed by atoms with Crippen molar-refractivity contribution in [3.8, 4) is 5.75 Å². The van der Waals surface area contributed by atoms with E-state index in [1.54, 1.807) is 0 Å². The van der Waals surface area contributed by atoms with Gasteiger partial charge >= 0.3 is 0 Å². The van der Waals surface area contributed by atoms with E-state index in [1.165, 1.54) is 11.1 Å². The van der Waals surface area contributed by atoms with E-state index in [-0.39, 0.29) is 6.10 Å². The van der Waals surface area contributed by atoms with Crippen LogP contribution in [0.25, 0.3) is 11.0 Å². The van der Waals surface area contributed by atoms with Crippen LogP contribution in [-0.2, 0) is 6.54 Å². The van der Waals surface area contributed by atoms with Crippen molar-refractivity contribution in [1.82, 2.24) is 9.55 Å². The Hall–Kier alpha value is -2.29. The van der Waals surface area contributed by atoms with Crippen LogP contribution in [0.4, 0.5) is 0 Å². The first-order valence-electron chi connectivity index (χ1n) is 8.77. The number of benzene rings is 2. The third-order valence-electron chi connectivity index (χ3n) is 4.16. The largest absolute Gasteiger partial charge is 0.483 e. The lowest BCUT2D eigenvalue weighted by atomic mass is 10.2. The minimum atomic E-state index is -0.0436. The third kappa shape index (κ3) is 3.45. The van der Waals surface area contributed by atoms with Crippen LogP contribution in [0.15, 0.2) is 48.5 Å². The molecule has 0 aliphatic heterocycles. The Morgan fingerprint density at radius 3 is 2.58 bits per heavy atom. The average Bonchev–Trinajstić information content (AvgIpc) is 2.91. The Kier molecular flexibility index (Phi) is 4.89. The summed E-state index contributed by atoms with van der Waals surface area (Å²) in [7, 11) is 0. The molecule has 0 spiro atoms. The summed E-state index contributed by atoms with van der Waals surface area (Å²) in [5.74, 6) is 2.48. The molecule has 0 radical (unpaired) electrons. The van der Waals surface area contributed by atoms with Crippen molar-refractivity contribution in [1.29, 1.82) is 0 Å². The molecule has 1 atom stereocenters. The van der Waals surface area contributed by atoms with Gasteiger partial charge in [-0.2, -0.15) is 0 Å². The van der Waals surface area contributed by atoms with Gasteiger partial charge in [0, 0.05) is 6.54 Å². The molecule has 0 amide bonds. The summed E-state index contributed by atoms with van der Waals surface area (Å²) in [5.41, 5.74) is 3.44. The smallest absolute Gasteiger partial charge is 0.156 e. The van der Waals surface area contributed by atoms with E-state index < -0.39 is 0 Å². The predicted molar refractivity (Wildman–Crippen MR) is 99.4 cm³/mol. The number of aromatic nitrogens is 2. The van der Waals surface area contributed by atoms with Crippen LogP contribution in [0.5, 0.6) is 5.75 Å². The molecule has 0 bridgehead atoms. The molecule has 1 unspecified atom stereocenters. The molecule has 0 saturated heterocycles. The van der Waals surface area contributed by atoms with E-state index in [0.717, 1.165) is 30.1 Å². The Bertz CT molecular complexity index is 820.